The molecule has 0 aliphatic heterocycles. The SMILES string of the molecule is Cc1cnc(-c2ccc3cc(C(C)C)[nH]c3c2)cn1. The molecule has 3 heteroatoms. The van der Waals surface area contributed by atoms with E-state index in [-0.39, 0.29) is 0 Å². The second-order valence-electron chi connectivity index (χ2n) is 5.22. The van der Waals surface area contributed by atoms with Gasteiger partial charge in [0.1, 0.15) is 0 Å². The van der Waals surface area contributed by atoms with Crippen LogP contribution in [0, 0.1) is 6.92 Å². The fourth-order valence-electron chi connectivity index (χ4n) is 2.16. The minimum Gasteiger partial charge on any atom is -0.358 e. The third-order valence-electron chi connectivity index (χ3n) is 3.34. The molecule has 1 aromatic carbocycles. The maximum atomic E-state index is 4.42. The number of H-pyrrole nitrogens is 1. The Balaban J connectivity index is 2.08. The van der Waals surface area contributed by atoms with Gasteiger partial charge >= 0.3 is 0 Å². The van der Waals surface area contributed by atoms with Crippen LogP contribution in [0.1, 0.15) is 31.2 Å². The van der Waals surface area contributed by atoms with Crippen molar-refractivity contribution in [2.75, 3.05) is 0 Å². The standard InChI is InChI=1S/C16H17N3/c1-10(2)14-6-12-4-5-13(7-15(12)19-14)16-9-17-11(3)8-18-16/h4-10,19H,1-3H3. The quantitative estimate of drug-likeness (QED) is 0.746. The average molecular weight is 251 g/mol. The summed E-state index contributed by atoms with van der Waals surface area (Å²) in [5.74, 6) is 0.509. The lowest BCUT2D eigenvalue weighted by atomic mass is 10.1. The number of rotatable bonds is 2. The van der Waals surface area contributed by atoms with E-state index in [4.69, 9.17) is 0 Å². The number of benzene rings is 1. The zero-order valence-electron chi connectivity index (χ0n) is 11.4. The molecule has 0 radical (unpaired) electrons. The van der Waals surface area contributed by atoms with Gasteiger partial charge in [-0.25, -0.2) is 0 Å². The van der Waals surface area contributed by atoms with Crippen LogP contribution in [-0.4, -0.2) is 15.0 Å². The number of aryl methyl sites for hydroxylation is 1. The molecular formula is C16H17N3. The number of aromatic amines is 1. The van der Waals surface area contributed by atoms with Crippen LogP contribution in [0.15, 0.2) is 36.7 Å². The molecule has 0 bridgehead atoms. The lowest BCUT2D eigenvalue weighted by Gasteiger charge is -2.01. The maximum Gasteiger partial charge on any atom is 0.0886 e. The molecular weight excluding hydrogens is 234 g/mol. The smallest absolute Gasteiger partial charge is 0.0886 e. The molecule has 2 aromatic heterocycles. The van der Waals surface area contributed by atoms with Gasteiger partial charge in [0.25, 0.3) is 0 Å². The van der Waals surface area contributed by atoms with Gasteiger partial charge in [0.05, 0.1) is 17.6 Å². The highest BCUT2D eigenvalue weighted by molar-refractivity contribution is 5.85. The van der Waals surface area contributed by atoms with Crippen molar-refractivity contribution in [3.63, 3.8) is 0 Å². The highest BCUT2D eigenvalue weighted by Crippen LogP contribution is 2.25. The summed E-state index contributed by atoms with van der Waals surface area (Å²) in [5.41, 5.74) is 5.36. The lowest BCUT2D eigenvalue weighted by molar-refractivity contribution is 0.836. The predicted molar refractivity (Wildman–Crippen MR) is 78.2 cm³/mol. The summed E-state index contributed by atoms with van der Waals surface area (Å²) in [7, 11) is 0. The van der Waals surface area contributed by atoms with Crippen molar-refractivity contribution in [2.45, 2.75) is 26.7 Å². The molecule has 3 rings (SSSR count). The summed E-state index contributed by atoms with van der Waals surface area (Å²) >= 11 is 0. The van der Waals surface area contributed by atoms with Gasteiger partial charge in [0.15, 0.2) is 0 Å². The van der Waals surface area contributed by atoms with Crippen LogP contribution >= 0.6 is 0 Å². The largest absolute Gasteiger partial charge is 0.358 e. The first-order valence-electron chi connectivity index (χ1n) is 6.55. The third kappa shape index (κ3) is 2.24. The number of hydrogen-bond acceptors (Lipinski definition) is 2. The van der Waals surface area contributed by atoms with Crippen molar-refractivity contribution < 1.29 is 0 Å². The Morgan fingerprint density at radius 1 is 1.05 bits per heavy atom. The van der Waals surface area contributed by atoms with Gasteiger partial charge < -0.3 is 4.98 Å². The first-order chi connectivity index (χ1) is 9.13. The second kappa shape index (κ2) is 4.50. The third-order valence-corrected chi connectivity index (χ3v) is 3.34. The zero-order valence-corrected chi connectivity index (χ0v) is 11.4. The van der Waals surface area contributed by atoms with Crippen LogP contribution in [-0.2, 0) is 0 Å². The van der Waals surface area contributed by atoms with E-state index in [0.717, 1.165) is 22.5 Å². The van der Waals surface area contributed by atoms with Crippen LogP contribution in [0.25, 0.3) is 22.2 Å². The molecule has 3 nitrogen and oxygen atoms in total. The summed E-state index contributed by atoms with van der Waals surface area (Å²) in [4.78, 5) is 12.2. The highest BCUT2D eigenvalue weighted by Gasteiger charge is 2.06. The Morgan fingerprint density at radius 3 is 2.58 bits per heavy atom. The molecule has 0 atom stereocenters. The molecule has 0 fully saturated rings. The highest BCUT2D eigenvalue weighted by atomic mass is 14.8. The van der Waals surface area contributed by atoms with Gasteiger partial charge in [-0.3, -0.25) is 9.97 Å². The van der Waals surface area contributed by atoms with E-state index in [0.29, 0.717) is 5.92 Å². The Bertz CT molecular complexity index is 708. The van der Waals surface area contributed by atoms with Crippen molar-refractivity contribution in [3.8, 4) is 11.3 Å². The number of fused-ring (bicyclic) bond motifs is 1. The van der Waals surface area contributed by atoms with Gasteiger partial charge in [-0.05, 0) is 30.4 Å². The molecule has 19 heavy (non-hydrogen) atoms. The van der Waals surface area contributed by atoms with E-state index in [2.05, 4.69) is 53.1 Å². The lowest BCUT2D eigenvalue weighted by Crippen LogP contribution is -1.88. The van der Waals surface area contributed by atoms with E-state index in [1.807, 2.05) is 13.1 Å². The Kier molecular flexibility index (Phi) is 2.82. The maximum absolute atomic E-state index is 4.42. The Hall–Kier alpha value is -2.16. The topological polar surface area (TPSA) is 41.6 Å². The molecule has 1 N–H and O–H groups in total. The minimum absolute atomic E-state index is 0.509. The van der Waals surface area contributed by atoms with Crippen molar-refractivity contribution in [2.24, 2.45) is 0 Å². The summed E-state index contributed by atoms with van der Waals surface area (Å²) in [6.07, 6.45) is 3.62. The van der Waals surface area contributed by atoms with E-state index in [9.17, 15) is 0 Å². The van der Waals surface area contributed by atoms with E-state index >= 15 is 0 Å². The Morgan fingerprint density at radius 2 is 1.89 bits per heavy atom. The molecule has 0 saturated heterocycles. The number of nitrogens with one attached hydrogen (secondary N) is 1. The molecule has 0 spiro atoms. The van der Waals surface area contributed by atoms with Gasteiger partial charge in [0, 0.05) is 23.0 Å². The first-order valence-corrected chi connectivity index (χ1v) is 6.55. The first kappa shape index (κ1) is 11.9. The summed E-state index contributed by atoms with van der Waals surface area (Å²) in [5, 5.41) is 1.24. The molecule has 0 amide bonds. The summed E-state index contributed by atoms with van der Waals surface area (Å²) < 4.78 is 0. The van der Waals surface area contributed by atoms with Crippen molar-refractivity contribution in [1.29, 1.82) is 0 Å². The number of hydrogen-bond donors (Lipinski definition) is 1. The monoisotopic (exact) mass is 251 g/mol. The van der Waals surface area contributed by atoms with Crippen molar-refractivity contribution >= 4 is 10.9 Å². The average Bonchev–Trinajstić information content (AvgIpc) is 2.82. The molecule has 0 saturated carbocycles. The molecule has 96 valence electrons. The second-order valence-corrected chi connectivity index (χ2v) is 5.22. The summed E-state index contributed by atoms with van der Waals surface area (Å²) in [6.45, 7) is 6.33. The van der Waals surface area contributed by atoms with Gasteiger partial charge in [0.2, 0.25) is 0 Å². The van der Waals surface area contributed by atoms with E-state index in [1.165, 1.54) is 11.1 Å². The molecule has 3 aromatic rings. The van der Waals surface area contributed by atoms with E-state index in [1.54, 1.807) is 6.20 Å². The zero-order chi connectivity index (χ0) is 13.4. The number of nitrogens with zero attached hydrogens (tertiary/aromatic N) is 2. The molecule has 0 aliphatic rings. The van der Waals surface area contributed by atoms with Gasteiger partial charge in [-0.15, -0.1) is 0 Å². The normalized spacial score (nSPS) is 11.4. The van der Waals surface area contributed by atoms with Crippen LogP contribution < -0.4 is 0 Å². The fourth-order valence-corrected chi connectivity index (χ4v) is 2.16. The van der Waals surface area contributed by atoms with Crippen LogP contribution in [0.3, 0.4) is 0 Å². The minimum atomic E-state index is 0.509. The fraction of sp³-hybridized carbons (Fsp3) is 0.250. The van der Waals surface area contributed by atoms with E-state index < -0.39 is 0 Å². The van der Waals surface area contributed by atoms with Crippen molar-refractivity contribution in [1.82, 2.24) is 15.0 Å². The number of aromatic nitrogens is 3. The molecule has 0 unspecified atom stereocenters. The van der Waals surface area contributed by atoms with Crippen LogP contribution in [0.4, 0.5) is 0 Å². The molecule has 2 heterocycles. The Labute approximate surface area is 112 Å². The van der Waals surface area contributed by atoms with Gasteiger partial charge in [-0.2, -0.15) is 0 Å². The molecule has 0 aliphatic carbocycles. The summed E-state index contributed by atoms with van der Waals surface area (Å²) in [6, 6.07) is 8.58. The van der Waals surface area contributed by atoms with Crippen LogP contribution in [0.2, 0.25) is 0 Å². The van der Waals surface area contributed by atoms with Crippen molar-refractivity contribution in [3.05, 3.63) is 48.0 Å². The van der Waals surface area contributed by atoms with Gasteiger partial charge in [-0.1, -0.05) is 26.0 Å². The predicted octanol–water partition coefficient (Wildman–Crippen LogP) is 4.06. The van der Waals surface area contributed by atoms with Crippen LogP contribution in [0.5, 0.6) is 0 Å².